The lowest BCUT2D eigenvalue weighted by molar-refractivity contribution is -0.118. The number of hydrogen-bond acceptors (Lipinski definition) is 6. The second-order valence-corrected chi connectivity index (χ2v) is 8.46. The Kier molecular flexibility index (Phi) is 7.11. The average molecular weight is 455 g/mol. The third-order valence-electron chi connectivity index (χ3n) is 4.40. The first kappa shape index (κ1) is 22.8. The second-order valence-electron chi connectivity index (χ2n) is 6.78. The zero-order valence-corrected chi connectivity index (χ0v) is 18.3. The van der Waals surface area contributed by atoms with Gasteiger partial charge in [-0.2, -0.15) is 0 Å². The van der Waals surface area contributed by atoms with Gasteiger partial charge >= 0.3 is 0 Å². The van der Waals surface area contributed by atoms with Crippen LogP contribution in [0, 0.1) is 0 Å². The second kappa shape index (κ2) is 9.97. The highest BCUT2D eigenvalue weighted by Crippen LogP contribution is 2.21. The monoisotopic (exact) mass is 454 g/mol. The maximum atomic E-state index is 12.5. The van der Waals surface area contributed by atoms with Gasteiger partial charge in [0.2, 0.25) is 0 Å². The predicted molar refractivity (Wildman–Crippen MR) is 121 cm³/mol. The van der Waals surface area contributed by atoms with E-state index in [4.69, 9.17) is 9.47 Å². The molecule has 166 valence electrons. The number of ether oxygens (including phenoxy) is 2. The van der Waals surface area contributed by atoms with Crippen LogP contribution < -0.4 is 19.5 Å². The molecule has 1 amide bonds. The van der Waals surface area contributed by atoms with Crippen LogP contribution in [0.4, 0.5) is 11.4 Å². The highest BCUT2D eigenvalue weighted by atomic mass is 32.2. The first-order valence-corrected chi connectivity index (χ1v) is 11.1. The number of carbonyl (C=O) groups excluding carboxylic acids is 2. The van der Waals surface area contributed by atoms with E-state index in [1.165, 1.54) is 38.3 Å². The maximum Gasteiger partial charge on any atom is 0.262 e. The number of rotatable bonds is 9. The average Bonchev–Trinajstić information content (AvgIpc) is 2.78. The quantitative estimate of drug-likeness (QED) is 0.477. The number of benzene rings is 3. The normalized spacial score (nSPS) is 10.8. The van der Waals surface area contributed by atoms with Crippen molar-refractivity contribution in [1.82, 2.24) is 0 Å². The molecule has 0 radical (unpaired) electrons. The van der Waals surface area contributed by atoms with E-state index in [9.17, 15) is 18.0 Å². The zero-order valence-electron chi connectivity index (χ0n) is 17.5. The molecule has 0 aromatic heterocycles. The third-order valence-corrected chi connectivity index (χ3v) is 5.80. The zero-order chi connectivity index (χ0) is 23.1. The molecule has 0 bridgehead atoms. The lowest BCUT2D eigenvalue weighted by Gasteiger charge is -2.10. The molecule has 3 rings (SSSR count). The van der Waals surface area contributed by atoms with Crippen LogP contribution in [0.1, 0.15) is 17.3 Å². The molecule has 0 spiro atoms. The summed E-state index contributed by atoms with van der Waals surface area (Å²) in [5.74, 6) is 0.434. The minimum atomic E-state index is -3.79. The topological polar surface area (TPSA) is 111 Å². The van der Waals surface area contributed by atoms with Gasteiger partial charge in [0, 0.05) is 16.9 Å². The molecule has 0 fully saturated rings. The summed E-state index contributed by atoms with van der Waals surface area (Å²) in [6.45, 7) is 1.17. The van der Waals surface area contributed by atoms with E-state index in [0.717, 1.165) is 0 Å². The molecule has 0 aliphatic heterocycles. The third kappa shape index (κ3) is 6.08. The number of carbonyl (C=O) groups is 2. The van der Waals surface area contributed by atoms with Crippen molar-refractivity contribution in [3.8, 4) is 11.5 Å². The van der Waals surface area contributed by atoms with E-state index >= 15 is 0 Å². The first-order chi connectivity index (χ1) is 15.3. The smallest absolute Gasteiger partial charge is 0.262 e. The van der Waals surface area contributed by atoms with Crippen LogP contribution in [0.3, 0.4) is 0 Å². The van der Waals surface area contributed by atoms with Gasteiger partial charge in [0.25, 0.3) is 15.9 Å². The summed E-state index contributed by atoms with van der Waals surface area (Å²) >= 11 is 0. The summed E-state index contributed by atoms with van der Waals surface area (Å²) in [6.07, 6.45) is 0. The van der Waals surface area contributed by atoms with Crippen LogP contribution >= 0.6 is 0 Å². The van der Waals surface area contributed by atoms with Crippen LogP contribution in [-0.2, 0) is 14.8 Å². The summed E-state index contributed by atoms with van der Waals surface area (Å²) in [7, 11) is -2.26. The summed E-state index contributed by atoms with van der Waals surface area (Å²) in [5.41, 5.74) is 1.37. The number of sulfonamides is 1. The number of anilines is 2. The highest BCUT2D eigenvalue weighted by Gasteiger charge is 2.14. The summed E-state index contributed by atoms with van der Waals surface area (Å²) in [5, 5.41) is 2.65. The molecule has 0 saturated carbocycles. The number of hydrogen-bond donors (Lipinski definition) is 2. The molecule has 3 aromatic rings. The molecule has 3 aromatic carbocycles. The molecule has 0 saturated heterocycles. The van der Waals surface area contributed by atoms with Crippen molar-refractivity contribution in [2.45, 2.75) is 11.8 Å². The van der Waals surface area contributed by atoms with Crippen molar-refractivity contribution in [2.75, 3.05) is 23.8 Å². The van der Waals surface area contributed by atoms with E-state index < -0.39 is 15.9 Å². The summed E-state index contributed by atoms with van der Waals surface area (Å²) in [6, 6.07) is 18.8. The van der Waals surface area contributed by atoms with E-state index in [2.05, 4.69) is 10.0 Å². The highest BCUT2D eigenvalue weighted by molar-refractivity contribution is 7.92. The lowest BCUT2D eigenvalue weighted by atomic mass is 10.1. The number of ketones is 1. The van der Waals surface area contributed by atoms with Gasteiger partial charge < -0.3 is 14.8 Å². The summed E-state index contributed by atoms with van der Waals surface area (Å²) < 4.78 is 38.0. The number of methoxy groups -OCH3 is 1. The Labute approximate surface area is 186 Å². The van der Waals surface area contributed by atoms with E-state index in [1.807, 2.05) is 0 Å². The van der Waals surface area contributed by atoms with Gasteiger partial charge in [-0.05, 0) is 67.6 Å². The van der Waals surface area contributed by atoms with Crippen molar-refractivity contribution in [3.63, 3.8) is 0 Å². The standard InChI is InChI=1S/C23H22N2O6S/c1-16(26)17-4-3-5-19(14-17)24-23(27)15-31-21-10-12-22(13-11-21)32(28,29)25-18-6-8-20(30-2)9-7-18/h3-14,25H,15H2,1-2H3,(H,24,27). The first-order valence-electron chi connectivity index (χ1n) is 9.57. The summed E-state index contributed by atoms with van der Waals surface area (Å²) in [4.78, 5) is 23.6. The lowest BCUT2D eigenvalue weighted by Crippen LogP contribution is -2.20. The Bertz CT molecular complexity index is 1210. The number of amides is 1. The van der Waals surface area contributed by atoms with Gasteiger partial charge in [0.1, 0.15) is 11.5 Å². The fourth-order valence-corrected chi connectivity index (χ4v) is 3.81. The van der Waals surface area contributed by atoms with Crippen LogP contribution in [0.25, 0.3) is 0 Å². The molecule has 8 nitrogen and oxygen atoms in total. The Hall–Kier alpha value is -3.85. The van der Waals surface area contributed by atoms with Crippen LogP contribution in [-0.4, -0.2) is 33.8 Å². The fraction of sp³-hybridized carbons (Fsp3) is 0.130. The Morgan fingerprint density at radius 1 is 0.875 bits per heavy atom. The molecular formula is C23H22N2O6S. The molecule has 0 unspecified atom stereocenters. The van der Waals surface area contributed by atoms with Gasteiger partial charge in [0.15, 0.2) is 12.4 Å². The Balaban J connectivity index is 1.57. The Morgan fingerprint density at radius 3 is 2.16 bits per heavy atom. The van der Waals surface area contributed by atoms with Crippen molar-refractivity contribution >= 4 is 33.1 Å². The van der Waals surface area contributed by atoms with Crippen LogP contribution in [0.5, 0.6) is 11.5 Å². The van der Waals surface area contributed by atoms with Gasteiger partial charge in [-0.1, -0.05) is 12.1 Å². The van der Waals surface area contributed by atoms with Crippen LogP contribution in [0.15, 0.2) is 77.7 Å². The van der Waals surface area contributed by atoms with Gasteiger partial charge in [0.05, 0.1) is 12.0 Å². The van der Waals surface area contributed by atoms with E-state index in [-0.39, 0.29) is 17.3 Å². The molecule has 32 heavy (non-hydrogen) atoms. The number of nitrogens with one attached hydrogen (secondary N) is 2. The number of Topliss-reactive ketones (excluding diaryl/α,β-unsaturated/α-hetero) is 1. The minimum Gasteiger partial charge on any atom is -0.497 e. The van der Waals surface area contributed by atoms with Crippen molar-refractivity contribution in [2.24, 2.45) is 0 Å². The van der Waals surface area contributed by atoms with Crippen molar-refractivity contribution in [1.29, 1.82) is 0 Å². The van der Waals surface area contributed by atoms with Gasteiger partial charge in [-0.25, -0.2) is 8.42 Å². The molecule has 2 N–H and O–H groups in total. The van der Waals surface area contributed by atoms with Crippen molar-refractivity contribution < 1.29 is 27.5 Å². The SMILES string of the molecule is COc1ccc(NS(=O)(=O)c2ccc(OCC(=O)Nc3cccc(C(C)=O)c3)cc2)cc1. The maximum absolute atomic E-state index is 12.5. The molecule has 0 atom stereocenters. The molecular weight excluding hydrogens is 432 g/mol. The molecule has 0 aliphatic rings. The van der Waals surface area contributed by atoms with Gasteiger partial charge in [-0.3, -0.25) is 14.3 Å². The van der Waals surface area contributed by atoms with E-state index in [1.54, 1.807) is 48.5 Å². The Morgan fingerprint density at radius 2 is 1.53 bits per heavy atom. The predicted octanol–water partition coefficient (Wildman–Crippen LogP) is 3.72. The van der Waals surface area contributed by atoms with Crippen molar-refractivity contribution in [3.05, 3.63) is 78.4 Å². The van der Waals surface area contributed by atoms with Crippen LogP contribution in [0.2, 0.25) is 0 Å². The van der Waals surface area contributed by atoms with E-state index in [0.29, 0.717) is 28.4 Å². The minimum absolute atomic E-state index is 0.0474. The molecule has 0 heterocycles. The fourth-order valence-electron chi connectivity index (χ4n) is 2.75. The molecule has 9 heteroatoms. The molecule has 0 aliphatic carbocycles. The largest absolute Gasteiger partial charge is 0.497 e. The van der Waals surface area contributed by atoms with Gasteiger partial charge in [-0.15, -0.1) is 0 Å².